The predicted molar refractivity (Wildman–Crippen MR) is 90.6 cm³/mol. The Bertz CT molecular complexity index is 492. The van der Waals surface area contributed by atoms with Gasteiger partial charge < -0.3 is 26.6 Å². The van der Waals surface area contributed by atoms with Crippen LogP contribution in [0.3, 0.4) is 0 Å². The van der Waals surface area contributed by atoms with Crippen LogP contribution in [0.2, 0.25) is 0 Å². The van der Waals surface area contributed by atoms with Gasteiger partial charge >= 0.3 is 11.9 Å². The molecular weight excluding hydrogens is 330 g/mol. The number of carboxylic acids is 2. The Morgan fingerprint density at radius 2 is 1.44 bits per heavy atom. The quantitative estimate of drug-likeness (QED) is 0.345. The van der Waals surface area contributed by atoms with Crippen molar-refractivity contribution in [3.8, 4) is 0 Å². The number of nitrogens with two attached hydrogens (primary N) is 1. The van der Waals surface area contributed by atoms with Crippen molar-refractivity contribution in [2.75, 3.05) is 0 Å². The molecule has 0 saturated carbocycles. The maximum absolute atomic E-state index is 12.4. The summed E-state index contributed by atoms with van der Waals surface area (Å²) in [6.45, 7) is 7.10. The zero-order valence-corrected chi connectivity index (χ0v) is 15.1. The van der Waals surface area contributed by atoms with Crippen molar-refractivity contribution in [3.05, 3.63) is 0 Å². The normalized spacial score (nSPS) is 14.7. The lowest BCUT2D eigenvalue weighted by Crippen LogP contribution is -2.55. The van der Waals surface area contributed by atoms with E-state index in [1.165, 1.54) is 0 Å². The molecule has 0 rings (SSSR count). The van der Waals surface area contributed by atoms with E-state index >= 15 is 0 Å². The Kier molecular flexibility index (Phi) is 9.73. The van der Waals surface area contributed by atoms with Crippen LogP contribution in [0.25, 0.3) is 0 Å². The molecule has 0 saturated heterocycles. The Morgan fingerprint density at radius 1 is 0.920 bits per heavy atom. The average molecular weight is 359 g/mol. The van der Waals surface area contributed by atoms with Crippen molar-refractivity contribution in [3.63, 3.8) is 0 Å². The molecule has 3 unspecified atom stereocenters. The third-order valence-electron chi connectivity index (χ3n) is 3.62. The fourth-order valence-electron chi connectivity index (χ4n) is 2.07. The fourth-order valence-corrected chi connectivity index (χ4v) is 2.07. The fraction of sp³-hybridized carbons (Fsp3) is 0.750. The van der Waals surface area contributed by atoms with E-state index < -0.39 is 41.9 Å². The molecule has 2 amide bonds. The number of aliphatic carboxylic acids is 2. The number of carbonyl (C=O) groups is 4. The van der Waals surface area contributed by atoms with Crippen molar-refractivity contribution in [1.82, 2.24) is 10.6 Å². The lowest BCUT2D eigenvalue weighted by Gasteiger charge is -2.24. The lowest BCUT2D eigenvalue weighted by molar-refractivity contribution is -0.143. The van der Waals surface area contributed by atoms with E-state index in [-0.39, 0.29) is 31.1 Å². The van der Waals surface area contributed by atoms with Gasteiger partial charge in [0.2, 0.25) is 11.8 Å². The van der Waals surface area contributed by atoms with Crippen LogP contribution in [-0.4, -0.2) is 52.1 Å². The van der Waals surface area contributed by atoms with Gasteiger partial charge in [0.25, 0.3) is 0 Å². The largest absolute Gasteiger partial charge is 0.481 e. The molecule has 3 atom stereocenters. The molecule has 0 aliphatic carbocycles. The van der Waals surface area contributed by atoms with E-state index in [0.717, 1.165) is 0 Å². The van der Waals surface area contributed by atoms with Crippen molar-refractivity contribution in [2.24, 2.45) is 17.6 Å². The lowest BCUT2D eigenvalue weighted by atomic mass is 10.0. The Balaban J connectivity index is 5.10. The molecule has 0 heterocycles. The molecule has 6 N–H and O–H groups in total. The molecule has 0 bridgehead atoms. The molecule has 0 spiro atoms. The first-order valence-corrected chi connectivity index (χ1v) is 8.26. The van der Waals surface area contributed by atoms with Gasteiger partial charge in [-0.05, 0) is 24.7 Å². The molecule has 0 aliphatic heterocycles. The molecule has 9 nitrogen and oxygen atoms in total. The van der Waals surface area contributed by atoms with Crippen LogP contribution in [0.5, 0.6) is 0 Å². The molecule has 0 radical (unpaired) electrons. The van der Waals surface area contributed by atoms with Crippen LogP contribution in [0, 0.1) is 11.8 Å². The van der Waals surface area contributed by atoms with Gasteiger partial charge in [-0.25, -0.2) is 4.79 Å². The van der Waals surface area contributed by atoms with Gasteiger partial charge in [-0.1, -0.05) is 27.7 Å². The first-order valence-electron chi connectivity index (χ1n) is 8.26. The van der Waals surface area contributed by atoms with Crippen LogP contribution in [0.15, 0.2) is 0 Å². The van der Waals surface area contributed by atoms with Crippen LogP contribution >= 0.6 is 0 Å². The minimum Gasteiger partial charge on any atom is -0.481 e. The van der Waals surface area contributed by atoms with E-state index in [9.17, 15) is 24.3 Å². The van der Waals surface area contributed by atoms with Gasteiger partial charge in [-0.2, -0.15) is 0 Å². The summed E-state index contributed by atoms with van der Waals surface area (Å²) in [6, 6.07) is -3.14. The van der Waals surface area contributed by atoms with E-state index in [1.807, 2.05) is 13.8 Å². The van der Waals surface area contributed by atoms with Crippen molar-refractivity contribution >= 4 is 23.8 Å². The summed E-state index contributed by atoms with van der Waals surface area (Å²) >= 11 is 0. The van der Waals surface area contributed by atoms with Crippen LogP contribution in [0.1, 0.15) is 47.0 Å². The molecule has 0 fully saturated rings. The average Bonchev–Trinajstić information content (AvgIpc) is 2.48. The second-order valence-electron chi connectivity index (χ2n) is 6.79. The van der Waals surface area contributed by atoms with E-state index in [1.54, 1.807) is 13.8 Å². The zero-order valence-electron chi connectivity index (χ0n) is 15.1. The third-order valence-corrected chi connectivity index (χ3v) is 3.62. The van der Waals surface area contributed by atoms with Crippen molar-refractivity contribution in [1.29, 1.82) is 0 Å². The van der Waals surface area contributed by atoms with E-state index in [0.29, 0.717) is 0 Å². The number of hydrogen-bond acceptors (Lipinski definition) is 5. The standard InChI is InChI=1S/C16H29N3O6/c1-8(2)7-11(16(24)25)19-14(22)10(5-6-12(20)21)18-15(23)13(17)9(3)4/h8-11,13H,5-7,17H2,1-4H3,(H,18,23)(H,19,22)(H,20,21)(H,24,25). The number of carbonyl (C=O) groups excluding carboxylic acids is 2. The molecule has 0 aromatic heterocycles. The smallest absolute Gasteiger partial charge is 0.326 e. The summed E-state index contributed by atoms with van der Waals surface area (Å²) in [5.41, 5.74) is 5.73. The van der Waals surface area contributed by atoms with Crippen LogP contribution in [-0.2, 0) is 19.2 Å². The van der Waals surface area contributed by atoms with Crippen LogP contribution in [0.4, 0.5) is 0 Å². The van der Waals surface area contributed by atoms with Crippen molar-refractivity contribution in [2.45, 2.75) is 65.1 Å². The topological polar surface area (TPSA) is 159 Å². The zero-order chi connectivity index (χ0) is 19.7. The number of amides is 2. The maximum atomic E-state index is 12.4. The summed E-state index contributed by atoms with van der Waals surface area (Å²) in [7, 11) is 0. The molecule has 25 heavy (non-hydrogen) atoms. The second-order valence-corrected chi connectivity index (χ2v) is 6.79. The summed E-state index contributed by atoms with van der Waals surface area (Å²) in [4.78, 5) is 46.4. The summed E-state index contributed by atoms with van der Waals surface area (Å²) in [5, 5.41) is 22.8. The second kappa shape index (κ2) is 10.7. The summed E-state index contributed by atoms with van der Waals surface area (Å²) < 4.78 is 0. The minimum atomic E-state index is -1.19. The highest BCUT2D eigenvalue weighted by atomic mass is 16.4. The number of carboxylic acid groups (broad SMARTS) is 2. The molecule has 144 valence electrons. The van der Waals surface area contributed by atoms with Gasteiger partial charge in [0, 0.05) is 6.42 Å². The predicted octanol–water partition coefficient (Wildman–Crippen LogP) is -0.0652. The monoisotopic (exact) mass is 359 g/mol. The molecule has 0 aromatic rings. The molecular formula is C16H29N3O6. The third kappa shape index (κ3) is 9.04. The molecule has 0 aliphatic rings. The Hall–Kier alpha value is -2.16. The summed E-state index contributed by atoms with van der Waals surface area (Å²) in [6.07, 6.45) is -0.297. The van der Waals surface area contributed by atoms with Crippen LogP contribution < -0.4 is 16.4 Å². The first kappa shape index (κ1) is 22.8. The van der Waals surface area contributed by atoms with Gasteiger partial charge in [-0.15, -0.1) is 0 Å². The van der Waals surface area contributed by atoms with Gasteiger partial charge in [0.1, 0.15) is 12.1 Å². The van der Waals surface area contributed by atoms with E-state index in [4.69, 9.17) is 10.8 Å². The molecule has 0 aromatic carbocycles. The minimum absolute atomic E-state index is 0.0304. The van der Waals surface area contributed by atoms with Gasteiger partial charge in [0.15, 0.2) is 0 Å². The number of nitrogens with one attached hydrogen (secondary N) is 2. The van der Waals surface area contributed by atoms with Gasteiger partial charge in [0.05, 0.1) is 6.04 Å². The van der Waals surface area contributed by atoms with E-state index in [2.05, 4.69) is 10.6 Å². The Labute approximate surface area is 147 Å². The highest BCUT2D eigenvalue weighted by molar-refractivity contribution is 5.92. The highest BCUT2D eigenvalue weighted by Gasteiger charge is 2.29. The number of hydrogen-bond donors (Lipinski definition) is 5. The highest BCUT2D eigenvalue weighted by Crippen LogP contribution is 2.07. The van der Waals surface area contributed by atoms with Gasteiger partial charge in [-0.3, -0.25) is 14.4 Å². The first-order chi connectivity index (χ1) is 11.5. The molecule has 9 heteroatoms. The summed E-state index contributed by atoms with van der Waals surface area (Å²) in [5.74, 6) is -3.78. The number of rotatable bonds is 11. The van der Waals surface area contributed by atoms with Crippen molar-refractivity contribution < 1.29 is 29.4 Å². The Morgan fingerprint density at radius 3 is 1.84 bits per heavy atom. The SMILES string of the molecule is CC(C)CC(NC(=O)C(CCC(=O)O)NC(=O)C(N)C(C)C)C(=O)O. The maximum Gasteiger partial charge on any atom is 0.326 e.